The Morgan fingerprint density at radius 3 is 2.74 bits per heavy atom. The van der Waals surface area contributed by atoms with Crippen LogP contribution in [0.4, 0.5) is 11.5 Å². The third-order valence-corrected chi connectivity index (χ3v) is 3.44. The highest BCUT2D eigenvalue weighted by Gasteiger charge is 2.15. The van der Waals surface area contributed by atoms with Crippen LogP contribution in [0.25, 0.3) is 0 Å². The third-order valence-electron chi connectivity index (χ3n) is 2.33. The van der Waals surface area contributed by atoms with Gasteiger partial charge in [-0.15, -0.1) is 0 Å². The topological polar surface area (TPSA) is 75.1 Å². The molecule has 0 radical (unpaired) electrons. The Bertz CT molecular complexity index is 563. The molecule has 0 unspecified atom stereocenters. The van der Waals surface area contributed by atoms with E-state index in [1.54, 1.807) is 25.4 Å². The average molecular weight is 275 g/mol. The van der Waals surface area contributed by atoms with Gasteiger partial charge in [0.25, 0.3) is 0 Å². The van der Waals surface area contributed by atoms with Gasteiger partial charge in [-0.3, -0.25) is 4.79 Å². The van der Waals surface area contributed by atoms with Gasteiger partial charge in [0.1, 0.15) is 16.1 Å². The molecule has 0 aliphatic heterocycles. The molecule has 6 heteroatoms. The average Bonchev–Trinajstić information content (AvgIpc) is 2.42. The minimum atomic E-state index is -0.862. The predicted octanol–water partition coefficient (Wildman–Crippen LogP) is 2.79. The van der Waals surface area contributed by atoms with Crippen LogP contribution in [0.15, 0.2) is 47.8 Å². The maximum Gasteiger partial charge on any atom is 0.316 e. The van der Waals surface area contributed by atoms with E-state index in [0.717, 1.165) is 5.69 Å². The van der Waals surface area contributed by atoms with E-state index in [4.69, 9.17) is 5.11 Å². The van der Waals surface area contributed by atoms with Crippen LogP contribution < -0.4 is 5.32 Å². The van der Waals surface area contributed by atoms with Crippen molar-refractivity contribution in [1.29, 1.82) is 0 Å². The summed E-state index contributed by atoms with van der Waals surface area (Å²) in [6.45, 7) is 1.63. The molecular formula is C13H13N3O2S. The molecule has 19 heavy (non-hydrogen) atoms. The van der Waals surface area contributed by atoms with Crippen LogP contribution in [0.2, 0.25) is 0 Å². The number of hydrogen-bond donors (Lipinski definition) is 2. The first kappa shape index (κ1) is 13.4. The Kier molecular flexibility index (Phi) is 4.35. The van der Waals surface area contributed by atoms with Crippen LogP contribution in [0.3, 0.4) is 0 Å². The summed E-state index contributed by atoms with van der Waals surface area (Å²) >= 11 is 1.20. The molecule has 0 bridgehead atoms. The van der Waals surface area contributed by atoms with Gasteiger partial charge in [-0.25, -0.2) is 9.97 Å². The molecular weight excluding hydrogens is 262 g/mol. The second kappa shape index (κ2) is 6.19. The number of anilines is 2. The summed E-state index contributed by atoms with van der Waals surface area (Å²) < 4.78 is 0. The van der Waals surface area contributed by atoms with E-state index in [1.807, 2.05) is 24.3 Å². The lowest BCUT2D eigenvalue weighted by atomic mass is 10.4. The minimum absolute atomic E-state index is 0.556. The molecule has 2 aromatic heterocycles. The van der Waals surface area contributed by atoms with Crippen molar-refractivity contribution >= 4 is 29.2 Å². The number of nitrogens with one attached hydrogen (secondary N) is 1. The minimum Gasteiger partial charge on any atom is -0.480 e. The molecule has 0 spiro atoms. The molecule has 1 atom stereocenters. The van der Waals surface area contributed by atoms with Crippen molar-refractivity contribution in [3.05, 3.63) is 42.7 Å². The van der Waals surface area contributed by atoms with Crippen LogP contribution in [-0.2, 0) is 4.79 Å². The summed E-state index contributed by atoms with van der Waals surface area (Å²) in [5, 5.41) is 12.2. The van der Waals surface area contributed by atoms with Crippen molar-refractivity contribution in [2.45, 2.75) is 17.2 Å². The number of carboxylic acids is 1. The van der Waals surface area contributed by atoms with E-state index >= 15 is 0 Å². The van der Waals surface area contributed by atoms with Crippen molar-refractivity contribution in [3.8, 4) is 0 Å². The van der Waals surface area contributed by atoms with E-state index in [2.05, 4.69) is 15.3 Å². The van der Waals surface area contributed by atoms with Gasteiger partial charge in [-0.05, 0) is 31.2 Å². The standard InChI is InChI=1S/C13H13N3O2S/c1-9(13(17)18)19-12-10(5-4-8-15-12)16-11-6-2-3-7-14-11/h2-9H,1H3,(H,14,16)(H,17,18)/t9-/m1/s1. The fraction of sp³-hybridized carbons (Fsp3) is 0.154. The van der Waals surface area contributed by atoms with Crippen molar-refractivity contribution in [3.63, 3.8) is 0 Å². The van der Waals surface area contributed by atoms with Gasteiger partial charge in [0.2, 0.25) is 0 Å². The number of hydrogen-bond acceptors (Lipinski definition) is 5. The molecule has 0 saturated carbocycles. The molecule has 0 fully saturated rings. The summed E-state index contributed by atoms with van der Waals surface area (Å²) in [7, 11) is 0. The van der Waals surface area contributed by atoms with Gasteiger partial charge in [0.15, 0.2) is 0 Å². The zero-order valence-electron chi connectivity index (χ0n) is 10.3. The Balaban J connectivity index is 2.19. The fourth-order valence-corrected chi connectivity index (χ4v) is 2.18. The predicted molar refractivity (Wildman–Crippen MR) is 74.7 cm³/mol. The molecule has 0 saturated heterocycles. The summed E-state index contributed by atoms with van der Waals surface area (Å²) in [5.74, 6) is -0.167. The second-order valence-corrected chi connectivity index (χ2v) is 5.12. The van der Waals surface area contributed by atoms with E-state index < -0.39 is 11.2 Å². The molecule has 2 N–H and O–H groups in total. The van der Waals surface area contributed by atoms with Gasteiger partial charge < -0.3 is 10.4 Å². The third kappa shape index (κ3) is 3.69. The number of aromatic nitrogens is 2. The first-order valence-electron chi connectivity index (χ1n) is 5.69. The smallest absolute Gasteiger partial charge is 0.316 e. The van der Waals surface area contributed by atoms with Gasteiger partial charge in [-0.2, -0.15) is 0 Å². The van der Waals surface area contributed by atoms with Crippen LogP contribution in [0.5, 0.6) is 0 Å². The van der Waals surface area contributed by atoms with Crippen molar-refractivity contribution in [2.75, 3.05) is 5.32 Å². The Morgan fingerprint density at radius 2 is 2.05 bits per heavy atom. The molecule has 0 aliphatic rings. The maximum atomic E-state index is 10.9. The highest BCUT2D eigenvalue weighted by atomic mass is 32.2. The lowest BCUT2D eigenvalue weighted by molar-refractivity contribution is -0.136. The molecule has 0 aliphatic carbocycles. The van der Waals surface area contributed by atoms with Crippen molar-refractivity contribution in [1.82, 2.24) is 9.97 Å². The van der Waals surface area contributed by atoms with E-state index in [1.165, 1.54) is 11.8 Å². The van der Waals surface area contributed by atoms with Crippen LogP contribution in [-0.4, -0.2) is 26.3 Å². The molecule has 0 aromatic carbocycles. The fourth-order valence-electron chi connectivity index (χ4n) is 1.37. The first-order valence-corrected chi connectivity index (χ1v) is 6.57. The van der Waals surface area contributed by atoms with Gasteiger partial charge in [0, 0.05) is 12.4 Å². The molecule has 2 heterocycles. The largest absolute Gasteiger partial charge is 0.480 e. The van der Waals surface area contributed by atoms with E-state index in [9.17, 15) is 4.79 Å². The lowest BCUT2D eigenvalue weighted by Gasteiger charge is -2.11. The summed E-state index contributed by atoms with van der Waals surface area (Å²) in [4.78, 5) is 19.3. The van der Waals surface area contributed by atoms with Crippen molar-refractivity contribution < 1.29 is 9.90 Å². The molecule has 2 rings (SSSR count). The zero-order valence-corrected chi connectivity index (χ0v) is 11.1. The van der Waals surface area contributed by atoms with Gasteiger partial charge >= 0.3 is 5.97 Å². The Morgan fingerprint density at radius 1 is 1.26 bits per heavy atom. The van der Waals surface area contributed by atoms with Crippen LogP contribution >= 0.6 is 11.8 Å². The van der Waals surface area contributed by atoms with Gasteiger partial charge in [-0.1, -0.05) is 17.8 Å². The monoisotopic (exact) mass is 275 g/mol. The summed E-state index contributed by atoms with van der Waals surface area (Å²) in [6.07, 6.45) is 3.33. The molecule has 5 nitrogen and oxygen atoms in total. The zero-order chi connectivity index (χ0) is 13.7. The quantitative estimate of drug-likeness (QED) is 0.817. The van der Waals surface area contributed by atoms with Crippen LogP contribution in [0.1, 0.15) is 6.92 Å². The number of rotatable bonds is 5. The summed E-state index contributed by atoms with van der Waals surface area (Å²) in [5.41, 5.74) is 0.749. The number of aliphatic carboxylic acids is 1. The Labute approximate surface area is 115 Å². The highest BCUT2D eigenvalue weighted by Crippen LogP contribution is 2.29. The molecule has 98 valence electrons. The van der Waals surface area contributed by atoms with E-state index in [0.29, 0.717) is 10.8 Å². The molecule has 0 amide bonds. The normalized spacial score (nSPS) is 11.8. The molecule has 2 aromatic rings. The number of pyridine rings is 2. The summed E-state index contributed by atoms with van der Waals surface area (Å²) in [6, 6.07) is 9.18. The maximum absolute atomic E-state index is 10.9. The number of carbonyl (C=O) groups is 1. The number of thioether (sulfide) groups is 1. The van der Waals surface area contributed by atoms with Crippen LogP contribution in [0, 0.1) is 0 Å². The number of carboxylic acid groups (broad SMARTS) is 1. The second-order valence-electron chi connectivity index (χ2n) is 3.79. The number of nitrogens with zero attached hydrogens (tertiary/aromatic N) is 2. The van der Waals surface area contributed by atoms with Gasteiger partial charge in [0.05, 0.1) is 5.69 Å². The first-order chi connectivity index (χ1) is 9.16. The van der Waals surface area contributed by atoms with Crippen molar-refractivity contribution in [2.24, 2.45) is 0 Å². The Hall–Kier alpha value is -2.08. The highest BCUT2D eigenvalue weighted by molar-refractivity contribution is 8.00. The lowest BCUT2D eigenvalue weighted by Crippen LogP contribution is -2.12. The van der Waals surface area contributed by atoms with E-state index in [-0.39, 0.29) is 0 Å². The SMILES string of the molecule is C[C@@H](Sc1ncccc1Nc1ccccn1)C(=O)O.